The van der Waals surface area contributed by atoms with E-state index >= 15 is 0 Å². The lowest BCUT2D eigenvalue weighted by Gasteiger charge is -2.28. The molecule has 0 saturated carbocycles. The van der Waals surface area contributed by atoms with Gasteiger partial charge in [0.1, 0.15) is 0 Å². The van der Waals surface area contributed by atoms with Gasteiger partial charge in [0.25, 0.3) is 0 Å². The van der Waals surface area contributed by atoms with Gasteiger partial charge in [0.05, 0.1) is 13.0 Å². The van der Waals surface area contributed by atoms with Gasteiger partial charge in [-0.3, -0.25) is 14.7 Å². The molecule has 8 heteroatoms. The summed E-state index contributed by atoms with van der Waals surface area (Å²) in [6, 6.07) is 2.82. The first-order chi connectivity index (χ1) is 11.5. The van der Waals surface area contributed by atoms with Crippen molar-refractivity contribution in [3.05, 3.63) is 47.7 Å². The van der Waals surface area contributed by atoms with E-state index in [9.17, 15) is 18.4 Å². The van der Waals surface area contributed by atoms with Crippen LogP contribution in [-0.2, 0) is 9.53 Å². The maximum Gasteiger partial charge on any atom is 0.323 e. The summed E-state index contributed by atoms with van der Waals surface area (Å²) in [6.45, 7) is 2.06. The molecule has 128 valence electrons. The highest BCUT2D eigenvalue weighted by Crippen LogP contribution is 2.25. The average molecular weight is 337 g/mol. The zero-order valence-corrected chi connectivity index (χ0v) is 13.0. The smallest absolute Gasteiger partial charge is 0.323 e. The Hall–Kier alpha value is -2.77. The first kappa shape index (κ1) is 17.6. The van der Waals surface area contributed by atoms with Crippen LogP contribution in [0.5, 0.6) is 0 Å². The Kier molecular flexibility index (Phi) is 6.00. The van der Waals surface area contributed by atoms with Gasteiger partial charge >= 0.3 is 12.0 Å². The first-order valence-electron chi connectivity index (χ1n) is 7.39. The van der Waals surface area contributed by atoms with Gasteiger partial charge in [-0.15, -0.1) is 0 Å². The fraction of sp³-hybridized carbons (Fsp3) is 0.312. The average Bonchev–Trinajstić information content (AvgIpc) is 2.57. The van der Waals surface area contributed by atoms with Crippen molar-refractivity contribution in [1.82, 2.24) is 10.2 Å². The zero-order chi connectivity index (χ0) is 17.5. The minimum absolute atomic E-state index is 0.0379. The quantitative estimate of drug-likeness (QED) is 0.839. The lowest BCUT2D eigenvalue weighted by Crippen LogP contribution is -2.40. The van der Waals surface area contributed by atoms with E-state index < -0.39 is 29.8 Å². The molecule has 1 N–H and O–H groups in total. The summed E-state index contributed by atoms with van der Waals surface area (Å²) in [7, 11) is 0. The number of nitrogens with one attached hydrogen (secondary N) is 1. The molecule has 0 aromatic heterocycles. The Bertz CT molecular complexity index is 677. The molecular formula is C16H17F2N3O3. The largest absolute Gasteiger partial charge is 0.466 e. The van der Waals surface area contributed by atoms with Crippen LogP contribution >= 0.6 is 0 Å². The van der Waals surface area contributed by atoms with E-state index in [-0.39, 0.29) is 19.6 Å². The normalized spacial score (nSPS) is 16.1. The van der Waals surface area contributed by atoms with Crippen molar-refractivity contribution in [2.24, 2.45) is 4.99 Å². The number of amides is 2. The number of rotatable bonds is 5. The fourth-order valence-corrected chi connectivity index (χ4v) is 2.11. The predicted molar refractivity (Wildman–Crippen MR) is 83.2 cm³/mol. The molecule has 2 amide bonds. The molecule has 1 atom stereocenters. The van der Waals surface area contributed by atoms with Crippen molar-refractivity contribution in [2.75, 3.05) is 13.2 Å². The topological polar surface area (TPSA) is 71.0 Å². The number of hydrogen-bond donors (Lipinski definition) is 1. The molecule has 0 bridgehead atoms. The van der Waals surface area contributed by atoms with E-state index in [1.165, 1.54) is 23.4 Å². The molecule has 0 aliphatic carbocycles. The van der Waals surface area contributed by atoms with Crippen LogP contribution in [0, 0.1) is 11.6 Å². The number of carbonyl (C=O) groups excluding carboxylic acids is 2. The molecule has 1 aliphatic heterocycles. The minimum Gasteiger partial charge on any atom is -0.466 e. The van der Waals surface area contributed by atoms with Gasteiger partial charge in [0.2, 0.25) is 0 Å². The van der Waals surface area contributed by atoms with Crippen LogP contribution in [0.15, 0.2) is 35.5 Å². The van der Waals surface area contributed by atoms with Crippen molar-refractivity contribution >= 4 is 18.2 Å². The van der Waals surface area contributed by atoms with E-state index in [2.05, 4.69) is 10.3 Å². The number of urea groups is 1. The molecule has 0 radical (unpaired) electrons. The lowest BCUT2D eigenvalue weighted by atomic mass is 10.1. The van der Waals surface area contributed by atoms with Gasteiger partial charge in [0, 0.05) is 24.5 Å². The van der Waals surface area contributed by atoms with Crippen LogP contribution in [0.25, 0.3) is 0 Å². The summed E-state index contributed by atoms with van der Waals surface area (Å²) in [4.78, 5) is 28.8. The van der Waals surface area contributed by atoms with E-state index in [0.29, 0.717) is 5.56 Å². The van der Waals surface area contributed by atoms with Gasteiger partial charge < -0.3 is 10.1 Å². The second-order valence-electron chi connectivity index (χ2n) is 4.88. The monoisotopic (exact) mass is 337 g/mol. The van der Waals surface area contributed by atoms with Gasteiger partial charge in [-0.05, 0) is 25.1 Å². The number of benzene rings is 1. The van der Waals surface area contributed by atoms with Crippen LogP contribution in [0.1, 0.15) is 25.1 Å². The number of esters is 1. The van der Waals surface area contributed by atoms with E-state index in [0.717, 1.165) is 12.1 Å². The van der Waals surface area contributed by atoms with Gasteiger partial charge in [-0.25, -0.2) is 13.6 Å². The van der Waals surface area contributed by atoms with Crippen molar-refractivity contribution in [3.63, 3.8) is 0 Å². The second-order valence-corrected chi connectivity index (χ2v) is 4.88. The van der Waals surface area contributed by atoms with E-state index in [4.69, 9.17) is 4.74 Å². The summed E-state index contributed by atoms with van der Waals surface area (Å²) >= 11 is 0. The predicted octanol–water partition coefficient (Wildman–Crippen LogP) is 2.53. The molecule has 1 aromatic carbocycles. The summed E-state index contributed by atoms with van der Waals surface area (Å²) < 4.78 is 31.2. The highest BCUT2D eigenvalue weighted by atomic mass is 19.2. The number of halogens is 2. The Morgan fingerprint density at radius 1 is 1.33 bits per heavy atom. The molecule has 6 nitrogen and oxygen atoms in total. The standard InChI is InChI=1S/C16H17F2N3O3/c1-2-24-14(22)6-8-20-16(23)21-9-3-7-19-15(21)11-4-5-12(17)13(18)10-11/h3-5,7,9-10,15H,2,6,8H2,1H3,(H,20,23)/t15-/m0/s1. The maximum absolute atomic E-state index is 13.4. The van der Waals surface area contributed by atoms with Gasteiger partial charge in [-0.1, -0.05) is 6.07 Å². The third kappa shape index (κ3) is 4.37. The highest BCUT2D eigenvalue weighted by molar-refractivity contribution is 5.80. The molecule has 2 rings (SSSR count). The Labute approximate surface area is 137 Å². The molecule has 0 unspecified atom stereocenters. The van der Waals surface area contributed by atoms with Crippen LogP contribution in [0.2, 0.25) is 0 Å². The van der Waals surface area contributed by atoms with Crippen LogP contribution < -0.4 is 5.32 Å². The van der Waals surface area contributed by atoms with Gasteiger partial charge in [-0.2, -0.15) is 0 Å². The molecule has 1 aliphatic rings. The molecule has 24 heavy (non-hydrogen) atoms. The van der Waals surface area contributed by atoms with Crippen molar-refractivity contribution in [2.45, 2.75) is 19.5 Å². The number of carbonyl (C=O) groups is 2. The summed E-state index contributed by atoms with van der Waals surface area (Å²) in [5, 5.41) is 2.56. The molecule has 1 heterocycles. The fourth-order valence-electron chi connectivity index (χ4n) is 2.11. The third-order valence-corrected chi connectivity index (χ3v) is 3.21. The number of hydrogen-bond acceptors (Lipinski definition) is 4. The van der Waals surface area contributed by atoms with E-state index in [1.54, 1.807) is 13.0 Å². The second kappa shape index (κ2) is 8.19. The molecule has 0 spiro atoms. The number of ether oxygens (including phenoxy) is 1. The number of allylic oxidation sites excluding steroid dienone is 1. The molecular weight excluding hydrogens is 320 g/mol. The summed E-state index contributed by atoms with van der Waals surface area (Å²) in [6.07, 6.45) is 3.71. The molecule has 0 saturated heterocycles. The molecule has 0 fully saturated rings. The van der Waals surface area contributed by atoms with Crippen LogP contribution in [-0.4, -0.2) is 36.3 Å². The Morgan fingerprint density at radius 2 is 2.12 bits per heavy atom. The summed E-state index contributed by atoms with van der Waals surface area (Å²) in [5.41, 5.74) is 0.329. The van der Waals surface area contributed by atoms with Crippen molar-refractivity contribution < 1.29 is 23.1 Å². The van der Waals surface area contributed by atoms with Crippen molar-refractivity contribution in [3.8, 4) is 0 Å². The SMILES string of the molecule is CCOC(=O)CCNC(=O)N1C=CC=N[C@@H]1c1ccc(F)c(F)c1. The minimum atomic E-state index is -1.01. The Balaban J connectivity index is 2.02. The first-order valence-corrected chi connectivity index (χ1v) is 7.39. The highest BCUT2D eigenvalue weighted by Gasteiger charge is 2.24. The lowest BCUT2D eigenvalue weighted by molar-refractivity contribution is -0.142. The van der Waals surface area contributed by atoms with E-state index in [1.807, 2.05) is 0 Å². The third-order valence-electron chi connectivity index (χ3n) is 3.21. The number of nitrogens with zero attached hydrogens (tertiary/aromatic N) is 2. The Morgan fingerprint density at radius 3 is 2.83 bits per heavy atom. The van der Waals surface area contributed by atoms with Crippen molar-refractivity contribution in [1.29, 1.82) is 0 Å². The number of aliphatic imine (C=N–C) groups is 1. The molecule has 1 aromatic rings. The van der Waals surface area contributed by atoms with Crippen LogP contribution in [0.3, 0.4) is 0 Å². The van der Waals surface area contributed by atoms with Gasteiger partial charge in [0.15, 0.2) is 17.8 Å². The maximum atomic E-state index is 13.4. The zero-order valence-electron chi connectivity index (χ0n) is 13.0. The van der Waals surface area contributed by atoms with Crippen LogP contribution in [0.4, 0.5) is 13.6 Å². The summed E-state index contributed by atoms with van der Waals surface area (Å²) in [5.74, 6) is -2.40.